The number of nitrogens with zero attached hydrogens (tertiary/aromatic N) is 1. The largest absolute Gasteiger partial charge is 0.478 e. The Hall–Kier alpha value is -1.20. The van der Waals surface area contributed by atoms with Gasteiger partial charge in [-0.15, -0.1) is 11.3 Å². The molecule has 0 aliphatic heterocycles. The summed E-state index contributed by atoms with van der Waals surface area (Å²) in [6.07, 6.45) is 1.73. The number of hydrogen-bond donors (Lipinski definition) is 1. The van der Waals surface area contributed by atoms with Gasteiger partial charge >= 0.3 is 5.97 Å². The molecular weight excluding hydrogens is 278 g/mol. The Bertz CT molecular complexity index is 492. The average molecular weight is 284 g/mol. The molecule has 1 N–H and O–H groups in total. The van der Waals surface area contributed by atoms with Crippen LogP contribution in [0.3, 0.4) is 0 Å². The summed E-state index contributed by atoms with van der Waals surface area (Å²) in [5, 5.41) is 9.60. The number of halogens is 1. The summed E-state index contributed by atoms with van der Waals surface area (Å²) in [5.74, 6) is -0.915. The van der Waals surface area contributed by atoms with Gasteiger partial charge in [0.1, 0.15) is 5.01 Å². The summed E-state index contributed by atoms with van der Waals surface area (Å²) in [5.41, 5.74) is 1.21. The lowest BCUT2D eigenvalue weighted by Crippen LogP contribution is -1.94. The highest BCUT2D eigenvalue weighted by molar-refractivity contribution is 9.11. The van der Waals surface area contributed by atoms with Crippen molar-refractivity contribution in [2.45, 2.75) is 0 Å². The minimum atomic E-state index is -0.915. The van der Waals surface area contributed by atoms with Gasteiger partial charge in [-0.2, -0.15) is 0 Å². The van der Waals surface area contributed by atoms with Gasteiger partial charge in [-0.05, 0) is 28.1 Å². The maximum Gasteiger partial charge on any atom is 0.335 e. The van der Waals surface area contributed by atoms with Crippen molar-refractivity contribution in [1.82, 2.24) is 4.98 Å². The second-order valence-corrected chi connectivity index (χ2v) is 5.26. The molecule has 0 atom stereocenters. The summed E-state index contributed by atoms with van der Waals surface area (Å²) in [7, 11) is 0. The van der Waals surface area contributed by atoms with Crippen LogP contribution in [-0.4, -0.2) is 16.1 Å². The number of carboxylic acids is 1. The van der Waals surface area contributed by atoms with Crippen LogP contribution >= 0.6 is 27.3 Å². The molecular formula is C10H6BrNO2S. The van der Waals surface area contributed by atoms with Crippen molar-refractivity contribution in [2.24, 2.45) is 0 Å². The Morgan fingerprint density at radius 1 is 1.33 bits per heavy atom. The summed E-state index contributed by atoms with van der Waals surface area (Å²) < 4.78 is 0.958. The first kappa shape index (κ1) is 10.3. The van der Waals surface area contributed by atoms with Crippen molar-refractivity contribution < 1.29 is 9.90 Å². The molecule has 15 heavy (non-hydrogen) atoms. The van der Waals surface area contributed by atoms with E-state index in [9.17, 15) is 4.79 Å². The van der Waals surface area contributed by atoms with Gasteiger partial charge in [0, 0.05) is 5.56 Å². The van der Waals surface area contributed by atoms with Crippen LogP contribution in [0.15, 0.2) is 34.2 Å². The van der Waals surface area contributed by atoms with E-state index in [1.54, 1.807) is 30.5 Å². The Balaban J connectivity index is 2.35. The Labute approximate surface area is 98.5 Å². The Morgan fingerprint density at radius 3 is 2.47 bits per heavy atom. The standard InChI is InChI=1S/C10H6BrNO2S/c11-8-5-12-9(15-8)6-1-3-7(4-2-6)10(13)14/h1-5H,(H,13,14). The van der Waals surface area contributed by atoms with E-state index in [-0.39, 0.29) is 5.56 Å². The zero-order valence-electron chi connectivity index (χ0n) is 7.48. The van der Waals surface area contributed by atoms with Crippen LogP contribution in [0.2, 0.25) is 0 Å². The van der Waals surface area contributed by atoms with Crippen molar-refractivity contribution >= 4 is 33.2 Å². The summed E-state index contributed by atoms with van der Waals surface area (Å²) >= 11 is 4.84. The van der Waals surface area contributed by atoms with Crippen LogP contribution in [0.1, 0.15) is 10.4 Å². The highest BCUT2D eigenvalue weighted by Crippen LogP contribution is 2.28. The SMILES string of the molecule is O=C(O)c1ccc(-c2ncc(Br)s2)cc1. The van der Waals surface area contributed by atoms with Crippen molar-refractivity contribution in [3.63, 3.8) is 0 Å². The first-order chi connectivity index (χ1) is 7.16. The van der Waals surface area contributed by atoms with Crippen LogP contribution in [0.25, 0.3) is 10.6 Å². The van der Waals surface area contributed by atoms with E-state index >= 15 is 0 Å². The molecule has 0 unspecified atom stereocenters. The molecule has 0 bridgehead atoms. The topological polar surface area (TPSA) is 50.2 Å². The monoisotopic (exact) mass is 283 g/mol. The molecule has 1 aromatic carbocycles. The lowest BCUT2D eigenvalue weighted by Gasteiger charge is -1.96. The number of aromatic carboxylic acids is 1. The van der Waals surface area contributed by atoms with Crippen molar-refractivity contribution in [2.75, 3.05) is 0 Å². The van der Waals surface area contributed by atoms with Crippen LogP contribution in [0.4, 0.5) is 0 Å². The number of thiazole rings is 1. The second-order valence-electron chi connectivity index (χ2n) is 2.85. The third kappa shape index (κ3) is 2.24. The number of carbonyl (C=O) groups is 1. The molecule has 2 rings (SSSR count). The van der Waals surface area contributed by atoms with Gasteiger partial charge in [0.2, 0.25) is 0 Å². The fraction of sp³-hybridized carbons (Fsp3) is 0. The molecule has 76 valence electrons. The first-order valence-electron chi connectivity index (χ1n) is 4.12. The lowest BCUT2D eigenvalue weighted by atomic mass is 10.1. The van der Waals surface area contributed by atoms with E-state index in [2.05, 4.69) is 20.9 Å². The summed E-state index contributed by atoms with van der Waals surface area (Å²) in [6, 6.07) is 6.67. The van der Waals surface area contributed by atoms with E-state index in [1.165, 1.54) is 11.3 Å². The third-order valence-corrected chi connectivity index (χ3v) is 3.38. The van der Waals surface area contributed by atoms with Gasteiger partial charge in [0.25, 0.3) is 0 Å². The second kappa shape index (κ2) is 4.12. The number of hydrogen-bond acceptors (Lipinski definition) is 3. The minimum Gasteiger partial charge on any atom is -0.478 e. The van der Waals surface area contributed by atoms with E-state index in [0.717, 1.165) is 14.4 Å². The molecule has 0 radical (unpaired) electrons. The predicted octanol–water partition coefficient (Wildman–Crippen LogP) is 3.27. The molecule has 0 saturated carbocycles. The van der Waals surface area contributed by atoms with Crippen molar-refractivity contribution in [3.8, 4) is 10.6 Å². The van der Waals surface area contributed by atoms with E-state index < -0.39 is 5.97 Å². The fourth-order valence-electron chi connectivity index (χ4n) is 1.14. The highest BCUT2D eigenvalue weighted by Gasteiger charge is 2.05. The quantitative estimate of drug-likeness (QED) is 0.920. The maximum absolute atomic E-state index is 10.6. The number of rotatable bonds is 2. The lowest BCUT2D eigenvalue weighted by molar-refractivity contribution is 0.0697. The third-order valence-electron chi connectivity index (χ3n) is 1.86. The molecule has 0 amide bonds. The highest BCUT2D eigenvalue weighted by atomic mass is 79.9. The zero-order chi connectivity index (χ0) is 10.8. The molecule has 5 heteroatoms. The van der Waals surface area contributed by atoms with Gasteiger partial charge in [-0.25, -0.2) is 9.78 Å². The van der Waals surface area contributed by atoms with Crippen LogP contribution in [-0.2, 0) is 0 Å². The van der Waals surface area contributed by atoms with Gasteiger partial charge < -0.3 is 5.11 Å². The molecule has 1 aromatic heterocycles. The molecule has 0 aliphatic carbocycles. The van der Waals surface area contributed by atoms with Crippen LogP contribution in [0.5, 0.6) is 0 Å². The first-order valence-corrected chi connectivity index (χ1v) is 5.73. The molecule has 0 spiro atoms. The van der Waals surface area contributed by atoms with Crippen LogP contribution < -0.4 is 0 Å². The normalized spacial score (nSPS) is 10.2. The average Bonchev–Trinajstić information content (AvgIpc) is 2.65. The zero-order valence-corrected chi connectivity index (χ0v) is 9.88. The minimum absolute atomic E-state index is 0.286. The van der Waals surface area contributed by atoms with Crippen molar-refractivity contribution in [1.29, 1.82) is 0 Å². The van der Waals surface area contributed by atoms with Gasteiger partial charge in [-0.1, -0.05) is 12.1 Å². The molecule has 1 heterocycles. The predicted molar refractivity (Wildman–Crippen MR) is 62.2 cm³/mol. The van der Waals surface area contributed by atoms with Crippen LogP contribution in [0, 0.1) is 0 Å². The number of benzene rings is 1. The number of carboxylic acid groups (broad SMARTS) is 1. The summed E-state index contributed by atoms with van der Waals surface area (Å²) in [6.45, 7) is 0. The van der Waals surface area contributed by atoms with E-state index in [1.807, 2.05) is 0 Å². The molecule has 0 fully saturated rings. The Morgan fingerprint density at radius 2 is 2.00 bits per heavy atom. The van der Waals surface area contributed by atoms with Crippen molar-refractivity contribution in [3.05, 3.63) is 39.8 Å². The fourth-order valence-corrected chi connectivity index (χ4v) is 2.36. The van der Waals surface area contributed by atoms with Gasteiger partial charge in [0.05, 0.1) is 15.5 Å². The molecule has 2 aromatic rings. The number of aromatic nitrogens is 1. The molecule has 0 saturated heterocycles. The van der Waals surface area contributed by atoms with Gasteiger partial charge in [-0.3, -0.25) is 0 Å². The molecule has 0 aliphatic rings. The van der Waals surface area contributed by atoms with Gasteiger partial charge in [0.15, 0.2) is 0 Å². The summed E-state index contributed by atoms with van der Waals surface area (Å²) in [4.78, 5) is 14.8. The van der Waals surface area contributed by atoms with E-state index in [4.69, 9.17) is 5.11 Å². The Kier molecular flexibility index (Phi) is 2.83. The smallest absolute Gasteiger partial charge is 0.335 e. The molecule has 3 nitrogen and oxygen atoms in total. The maximum atomic E-state index is 10.6. The van der Waals surface area contributed by atoms with E-state index in [0.29, 0.717) is 0 Å².